The number of benzene rings is 1. The maximum absolute atomic E-state index is 13.8. The third kappa shape index (κ3) is 3.36. The fourth-order valence-corrected chi connectivity index (χ4v) is 2.13. The molecule has 0 amide bonds. The van der Waals surface area contributed by atoms with Crippen LogP contribution in [-0.4, -0.2) is 4.98 Å². The maximum Gasteiger partial charge on any atom is 0.144 e. The van der Waals surface area contributed by atoms with E-state index >= 15 is 0 Å². The highest BCUT2D eigenvalue weighted by atomic mass is 79.9. The molecule has 1 atom stereocenters. The van der Waals surface area contributed by atoms with E-state index < -0.39 is 11.6 Å². The SMILES string of the molecule is CC(NCc1c(F)ccc(Br)c1F)c1ccncc1. The van der Waals surface area contributed by atoms with Crippen LogP contribution in [0.2, 0.25) is 0 Å². The monoisotopic (exact) mass is 326 g/mol. The largest absolute Gasteiger partial charge is 0.306 e. The minimum Gasteiger partial charge on any atom is -0.306 e. The average molecular weight is 327 g/mol. The number of hydrogen-bond acceptors (Lipinski definition) is 2. The van der Waals surface area contributed by atoms with Gasteiger partial charge in [0.2, 0.25) is 0 Å². The van der Waals surface area contributed by atoms with Crippen LogP contribution in [0.3, 0.4) is 0 Å². The van der Waals surface area contributed by atoms with Gasteiger partial charge in [0, 0.05) is 30.5 Å². The molecular formula is C14H13BrF2N2. The van der Waals surface area contributed by atoms with Gasteiger partial charge in [0.05, 0.1) is 4.47 Å². The highest BCUT2D eigenvalue weighted by Crippen LogP contribution is 2.22. The summed E-state index contributed by atoms with van der Waals surface area (Å²) in [6.07, 6.45) is 3.38. The molecule has 100 valence electrons. The van der Waals surface area contributed by atoms with Gasteiger partial charge in [-0.3, -0.25) is 4.98 Å². The molecule has 0 saturated carbocycles. The summed E-state index contributed by atoms with van der Waals surface area (Å²) in [6, 6.07) is 6.33. The van der Waals surface area contributed by atoms with Crippen LogP contribution < -0.4 is 5.32 Å². The predicted molar refractivity (Wildman–Crippen MR) is 73.5 cm³/mol. The fourth-order valence-electron chi connectivity index (χ4n) is 1.76. The van der Waals surface area contributed by atoms with Crippen molar-refractivity contribution in [3.8, 4) is 0 Å². The molecule has 1 unspecified atom stereocenters. The second kappa shape index (κ2) is 6.21. The van der Waals surface area contributed by atoms with Crippen molar-refractivity contribution in [2.75, 3.05) is 0 Å². The molecule has 2 aromatic rings. The van der Waals surface area contributed by atoms with Gasteiger partial charge in [-0.15, -0.1) is 0 Å². The average Bonchev–Trinajstić information content (AvgIpc) is 2.44. The smallest absolute Gasteiger partial charge is 0.144 e. The first-order valence-electron chi connectivity index (χ1n) is 5.85. The standard InChI is InChI=1S/C14H13BrF2N2/c1-9(10-4-6-18-7-5-10)19-8-11-13(16)3-2-12(15)14(11)17/h2-7,9,19H,8H2,1H3. The molecule has 19 heavy (non-hydrogen) atoms. The van der Waals surface area contributed by atoms with Crippen LogP contribution in [-0.2, 0) is 6.54 Å². The van der Waals surface area contributed by atoms with Gasteiger partial charge in [0.15, 0.2) is 0 Å². The number of pyridine rings is 1. The number of nitrogens with one attached hydrogen (secondary N) is 1. The van der Waals surface area contributed by atoms with Gasteiger partial charge in [-0.05, 0) is 52.7 Å². The summed E-state index contributed by atoms with van der Waals surface area (Å²) >= 11 is 3.05. The summed E-state index contributed by atoms with van der Waals surface area (Å²) in [7, 11) is 0. The highest BCUT2D eigenvalue weighted by Gasteiger charge is 2.13. The third-order valence-electron chi connectivity index (χ3n) is 2.93. The van der Waals surface area contributed by atoms with Crippen molar-refractivity contribution in [3.05, 3.63) is 63.9 Å². The van der Waals surface area contributed by atoms with E-state index in [-0.39, 0.29) is 22.6 Å². The van der Waals surface area contributed by atoms with Crippen molar-refractivity contribution >= 4 is 15.9 Å². The van der Waals surface area contributed by atoms with Crippen LogP contribution in [0.5, 0.6) is 0 Å². The molecule has 2 nitrogen and oxygen atoms in total. The summed E-state index contributed by atoms with van der Waals surface area (Å²) in [5, 5.41) is 3.10. The summed E-state index contributed by atoms with van der Waals surface area (Å²) < 4.78 is 27.6. The molecule has 0 saturated heterocycles. The lowest BCUT2D eigenvalue weighted by molar-refractivity contribution is 0.506. The van der Waals surface area contributed by atoms with Gasteiger partial charge >= 0.3 is 0 Å². The van der Waals surface area contributed by atoms with Gasteiger partial charge < -0.3 is 5.32 Å². The number of nitrogens with zero attached hydrogens (tertiary/aromatic N) is 1. The molecule has 0 spiro atoms. The molecule has 1 heterocycles. The van der Waals surface area contributed by atoms with E-state index in [1.165, 1.54) is 12.1 Å². The Bertz CT molecular complexity index is 561. The zero-order valence-corrected chi connectivity index (χ0v) is 11.9. The second-order valence-electron chi connectivity index (χ2n) is 4.20. The molecule has 2 rings (SSSR count). The van der Waals surface area contributed by atoms with Crippen molar-refractivity contribution < 1.29 is 8.78 Å². The van der Waals surface area contributed by atoms with Crippen LogP contribution in [0.1, 0.15) is 24.1 Å². The van der Waals surface area contributed by atoms with Gasteiger partial charge in [-0.2, -0.15) is 0 Å². The van der Waals surface area contributed by atoms with Crippen LogP contribution in [0, 0.1) is 11.6 Å². The Morgan fingerprint density at radius 2 is 1.89 bits per heavy atom. The molecule has 1 N–H and O–H groups in total. The van der Waals surface area contributed by atoms with E-state index in [0.29, 0.717) is 0 Å². The molecule has 0 bridgehead atoms. The molecule has 5 heteroatoms. The Morgan fingerprint density at radius 1 is 1.21 bits per heavy atom. The van der Waals surface area contributed by atoms with Crippen LogP contribution in [0.25, 0.3) is 0 Å². The summed E-state index contributed by atoms with van der Waals surface area (Å²) in [6.45, 7) is 2.06. The first-order chi connectivity index (χ1) is 9.09. The van der Waals surface area contributed by atoms with Gasteiger partial charge in [0.25, 0.3) is 0 Å². The van der Waals surface area contributed by atoms with Gasteiger partial charge in [0.1, 0.15) is 11.6 Å². The quantitative estimate of drug-likeness (QED) is 0.860. The Morgan fingerprint density at radius 3 is 2.58 bits per heavy atom. The van der Waals surface area contributed by atoms with E-state index in [0.717, 1.165) is 5.56 Å². The highest BCUT2D eigenvalue weighted by molar-refractivity contribution is 9.10. The minimum atomic E-state index is -0.561. The molecule has 1 aromatic carbocycles. The third-order valence-corrected chi connectivity index (χ3v) is 3.54. The van der Waals surface area contributed by atoms with E-state index in [1.807, 2.05) is 19.1 Å². The molecule has 1 aromatic heterocycles. The first kappa shape index (κ1) is 14.1. The Kier molecular flexibility index (Phi) is 4.61. The number of aromatic nitrogens is 1. The van der Waals surface area contributed by atoms with E-state index in [9.17, 15) is 8.78 Å². The Labute approximate surface area is 119 Å². The van der Waals surface area contributed by atoms with Crippen molar-refractivity contribution in [2.45, 2.75) is 19.5 Å². The molecule has 0 aliphatic heterocycles. The topological polar surface area (TPSA) is 24.9 Å². The fraction of sp³-hybridized carbons (Fsp3) is 0.214. The zero-order chi connectivity index (χ0) is 13.8. The second-order valence-corrected chi connectivity index (χ2v) is 5.06. The van der Waals surface area contributed by atoms with Crippen LogP contribution >= 0.6 is 15.9 Å². The lowest BCUT2D eigenvalue weighted by atomic mass is 10.1. The zero-order valence-electron chi connectivity index (χ0n) is 10.3. The first-order valence-corrected chi connectivity index (χ1v) is 6.64. The predicted octanol–water partition coefficient (Wildman–Crippen LogP) is 3.97. The molecule has 0 aliphatic carbocycles. The number of hydrogen-bond donors (Lipinski definition) is 1. The normalized spacial score (nSPS) is 12.4. The van der Waals surface area contributed by atoms with E-state index in [2.05, 4.69) is 26.2 Å². The van der Waals surface area contributed by atoms with Crippen molar-refractivity contribution in [1.82, 2.24) is 10.3 Å². The summed E-state index contributed by atoms with van der Waals surface area (Å²) in [5.74, 6) is -1.11. The summed E-state index contributed by atoms with van der Waals surface area (Å²) in [5.41, 5.74) is 1.06. The van der Waals surface area contributed by atoms with Gasteiger partial charge in [-0.1, -0.05) is 0 Å². The number of rotatable bonds is 4. The van der Waals surface area contributed by atoms with Crippen molar-refractivity contribution in [1.29, 1.82) is 0 Å². The Hall–Kier alpha value is -1.33. The summed E-state index contributed by atoms with van der Waals surface area (Å²) in [4.78, 5) is 3.93. The van der Waals surface area contributed by atoms with Crippen molar-refractivity contribution in [3.63, 3.8) is 0 Å². The molecule has 0 radical (unpaired) electrons. The number of halogens is 3. The van der Waals surface area contributed by atoms with Crippen molar-refractivity contribution in [2.24, 2.45) is 0 Å². The van der Waals surface area contributed by atoms with Crippen LogP contribution in [0.4, 0.5) is 8.78 Å². The minimum absolute atomic E-state index is 0.0132. The lowest BCUT2D eigenvalue weighted by Gasteiger charge is -2.15. The maximum atomic E-state index is 13.8. The van der Waals surface area contributed by atoms with Crippen LogP contribution in [0.15, 0.2) is 41.1 Å². The van der Waals surface area contributed by atoms with Gasteiger partial charge in [-0.25, -0.2) is 8.78 Å². The van der Waals surface area contributed by atoms with E-state index in [4.69, 9.17) is 0 Å². The lowest BCUT2D eigenvalue weighted by Crippen LogP contribution is -2.19. The van der Waals surface area contributed by atoms with E-state index in [1.54, 1.807) is 12.4 Å². The molecule has 0 aliphatic rings. The molecule has 0 fully saturated rings. The Balaban J connectivity index is 2.09. The molecular weight excluding hydrogens is 314 g/mol.